The Balaban J connectivity index is 1.81. The van der Waals surface area contributed by atoms with Crippen molar-refractivity contribution in [2.75, 3.05) is 32.7 Å². The molecular formula is C11H21N3O. The van der Waals surface area contributed by atoms with E-state index in [-0.39, 0.29) is 6.03 Å². The van der Waals surface area contributed by atoms with E-state index < -0.39 is 0 Å². The van der Waals surface area contributed by atoms with Gasteiger partial charge in [-0.1, -0.05) is 6.92 Å². The van der Waals surface area contributed by atoms with Crippen LogP contribution in [0, 0.1) is 11.8 Å². The Morgan fingerprint density at radius 1 is 1.33 bits per heavy atom. The quantitative estimate of drug-likeness (QED) is 0.695. The van der Waals surface area contributed by atoms with Crippen LogP contribution in [0.4, 0.5) is 4.79 Å². The number of rotatable bonds is 1. The SMILES string of the molecule is CC1CCCN(C(=O)N2CC(CN)C2)C1. The van der Waals surface area contributed by atoms with E-state index in [9.17, 15) is 4.79 Å². The molecule has 0 aromatic carbocycles. The van der Waals surface area contributed by atoms with Gasteiger partial charge in [-0.2, -0.15) is 0 Å². The van der Waals surface area contributed by atoms with Crippen molar-refractivity contribution in [1.29, 1.82) is 0 Å². The fraction of sp³-hybridized carbons (Fsp3) is 0.909. The first kappa shape index (κ1) is 10.7. The Hall–Kier alpha value is -0.770. The van der Waals surface area contributed by atoms with Crippen LogP contribution in [0.15, 0.2) is 0 Å². The van der Waals surface area contributed by atoms with E-state index in [4.69, 9.17) is 5.73 Å². The zero-order valence-corrected chi connectivity index (χ0v) is 9.48. The van der Waals surface area contributed by atoms with Crippen molar-refractivity contribution in [3.05, 3.63) is 0 Å². The highest BCUT2D eigenvalue weighted by molar-refractivity contribution is 5.75. The third kappa shape index (κ3) is 2.25. The smallest absolute Gasteiger partial charge is 0.320 e. The molecule has 4 heteroatoms. The number of nitrogens with zero attached hydrogens (tertiary/aromatic N) is 2. The van der Waals surface area contributed by atoms with Gasteiger partial charge in [0.05, 0.1) is 0 Å². The average molecular weight is 211 g/mol. The second kappa shape index (κ2) is 4.39. The van der Waals surface area contributed by atoms with Crippen molar-refractivity contribution in [2.24, 2.45) is 17.6 Å². The monoisotopic (exact) mass is 211 g/mol. The summed E-state index contributed by atoms with van der Waals surface area (Å²) in [6, 6.07) is 0.228. The summed E-state index contributed by atoms with van der Waals surface area (Å²) in [5.74, 6) is 1.20. The molecule has 2 amide bonds. The Bertz CT molecular complexity index is 238. The first-order chi connectivity index (χ1) is 7.20. The van der Waals surface area contributed by atoms with E-state index in [2.05, 4.69) is 6.92 Å². The topological polar surface area (TPSA) is 49.6 Å². The summed E-state index contributed by atoms with van der Waals surface area (Å²) in [5.41, 5.74) is 5.55. The van der Waals surface area contributed by atoms with E-state index in [1.807, 2.05) is 9.80 Å². The van der Waals surface area contributed by atoms with Gasteiger partial charge in [-0.05, 0) is 25.3 Å². The van der Waals surface area contributed by atoms with Gasteiger partial charge >= 0.3 is 6.03 Å². The third-order valence-electron chi connectivity index (χ3n) is 3.49. The highest BCUT2D eigenvalue weighted by atomic mass is 16.2. The molecule has 0 aromatic rings. The minimum absolute atomic E-state index is 0.228. The molecule has 2 aliphatic rings. The van der Waals surface area contributed by atoms with E-state index in [0.717, 1.165) is 32.6 Å². The van der Waals surface area contributed by atoms with Gasteiger partial charge in [0, 0.05) is 32.1 Å². The summed E-state index contributed by atoms with van der Waals surface area (Å²) in [6.07, 6.45) is 2.41. The highest BCUT2D eigenvalue weighted by Crippen LogP contribution is 2.21. The number of nitrogens with two attached hydrogens (primary N) is 1. The maximum Gasteiger partial charge on any atom is 0.320 e. The molecule has 2 N–H and O–H groups in total. The van der Waals surface area contributed by atoms with Gasteiger partial charge in [0.2, 0.25) is 0 Å². The average Bonchev–Trinajstić information content (AvgIpc) is 2.16. The molecule has 0 spiro atoms. The van der Waals surface area contributed by atoms with Crippen LogP contribution in [0.5, 0.6) is 0 Å². The Labute approximate surface area is 91.4 Å². The molecule has 2 rings (SSSR count). The van der Waals surface area contributed by atoms with Gasteiger partial charge in [-0.25, -0.2) is 4.79 Å². The van der Waals surface area contributed by atoms with Gasteiger partial charge in [0.15, 0.2) is 0 Å². The molecule has 0 aliphatic carbocycles. The Morgan fingerprint density at radius 3 is 2.67 bits per heavy atom. The summed E-state index contributed by atoms with van der Waals surface area (Å²) in [5, 5.41) is 0. The number of hydrogen-bond acceptors (Lipinski definition) is 2. The maximum absolute atomic E-state index is 12.0. The van der Waals surface area contributed by atoms with Crippen LogP contribution in [0.25, 0.3) is 0 Å². The molecule has 86 valence electrons. The van der Waals surface area contributed by atoms with Crippen LogP contribution >= 0.6 is 0 Å². The van der Waals surface area contributed by atoms with E-state index in [1.165, 1.54) is 6.42 Å². The standard InChI is InChI=1S/C11H21N3O/c1-9-3-2-4-13(6-9)11(15)14-7-10(5-12)8-14/h9-10H,2-8,12H2,1H3. The van der Waals surface area contributed by atoms with Gasteiger partial charge < -0.3 is 15.5 Å². The lowest BCUT2D eigenvalue weighted by molar-refractivity contribution is 0.0816. The number of hydrogen-bond donors (Lipinski definition) is 1. The highest BCUT2D eigenvalue weighted by Gasteiger charge is 2.33. The molecule has 2 aliphatic heterocycles. The summed E-state index contributed by atoms with van der Waals surface area (Å²) in [4.78, 5) is 15.9. The zero-order valence-electron chi connectivity index (χ0n) is 9.48. The number of urea groups is 1. The van der Waals surface area contributed by atoms with Crippen molar-refractivity contribution in [3.8, 4) is 0 Å². The van der Waals surface area contributed by atoms with E-state index >= 15 is 0 Å². The van der Waals surface area contributed by atoms with Crippen molar-refractivity contribution >= 4 is 6.03 Å². The molecule has 15 heavy (non-hydrogen) atoms. The number of carbonyl (C=O) groups excluding carboxylic acids is 1. The Morgan fingerprint density at radius 2 is 2.07 bits per heavy atom. The molecule has 0 saturated carbocycles. The van der Waals surface area contributed by atoms with Crippen molar-refractivity contribution in [3.63, 3.8) is 0 Å². The van der Waals surface area contributed by atoms with Crippen molar-refractivity contribution < 1.29 is 4.79 Å². The molecular weight excluding hydrogens is 190 g/mol. The van der Waals surface area contributed by atoms with Crippen LogP contribution in [0.3, 0.4) is 0 Å². The summed E-state index contributed by atoms with van der Waals surface area (Å²) >= 11 is 0. The lowest BCUT2D eigenvalue weighted by Crippen LogP contribution is -2.57. The predicted molar refractivity (Wildman–Crippen MR) is 59.5 cm³/mol. The largest absolute Gasteiger partial charge is 0.330 e. The fourth-order valence-corrected chi connectivity index (χ4v) is 2.44. The second-order valence-corrected chi connectivity index (χ2v) is 4.98. The minimum atomic E-state index is 0.228. The van der Waals surface area contributed by atoms with E-state index in [0.29, 0.717) is 18.4 Å². The lowest BCUT2D eigenvalue weighted by atomic mass is 9.99. The number of carbonyl (C=O) groups is 1. The van der Waals surface area contributed by atoms with Crippen LogP contribution in [-0.2, 0) is 0 Å². The Kier molecular flexibility index (Phi) is 3.14. The molecule has 1 atom stereocenters. The predicted octanol–water partition coefficient (Wildman–Crippen LogP) is 0.729. The van der Waals surface area contributed by atoms with E-state index in [1.54, 1.807) is 0 Å². The van der Waals surface area contributed by atoms with Crippen molar-refractivity contribution in [2.45, 2.75) is 19.8 Å². The van der Waals surface area contributed by atoms with Gasteiger partial charge in [-0.3, -0.25) is 0 Å². The minimum Gasteiger partial charge on any atom is -0.330 e. The number of piperidine rings is 1. The van der Waals surface area contributed by atoms with Gasteiger partial charge in [-0.15, -0.1) is 0 Å². The van der Waals surface area contributed by atoms with Gasteiger partial charge in [0.25, 0.3) is 0 Å². The van der Waals surface area contributed by atoms with Crippen molar-refractivity contribution in [1.82, 2.24) is 9.80 Å². The van der Waals surface area contributed by atoms with Crippen LogP contribution in [-0.4, -0.2) is 48.6 Å². The molecule has 0 aromatic heterocycles. The molecule has 2 heterocycles. The van der Waals surface area contributed by atoms with Gasteiger partial charge in [0.1, 0.15) is 0 Å². The summed E-state index contributed by atoms with van der Waals surface area (Å²) in [6.45, 7) is 6.52. The first-order valence-corrected chi connectivity index (χ1v) is 5.94. The molecule has 2 saturated heterocycles. The third-order valence-corrected chi connectivity index (χ3v) is 3.49. The number of amides is 2. The summed E-state index contributed by atoms with van der Waals surface area (Å²) in [7, 11) is 0. The summed E-state index contributed by atoms with van der Waals surface area (Å²) < 4.78 is 0. The van der Waals surface area contributed by atoms with Crippen LogP contribution in [0.2, 0.25) is 0 Å². The normalized spacial score (nSPS) is 27.7. The zero-order chi connectivity index (χ0) is 10.8. The first-order valence-electron chi connectivity index (χ1n) is 5.94. The molecule has 1 unspecified atom stereocenters. The maximum atomic E-state index is 12.0. The lowest BCUT2D eigenvalue weighted by Gasteiger charge is -2.43. The van der Waals surface area contributed by atoms with Crippen LogP contribution < -0.4 is 5.73 Å². The fourth-order valence-electron chi connectivity index (χ4n) is 2.44. The molecule has 0 radical (unpaired) electrons. The van der Waals surface area contributed by atoms with Crippen LogP contribution in [0.1, 0.15) is 19.8 Å². The molecule has 2 fully saturated rings. The molecule has 4 nitrogen and oxygen atoms in total. The second-order valence-electron chi connectivity index (χ2n) is 4.98. The molecule has 0 bridgehead atoms. The number of likely N-dealkylation sites (tertiary alicyclic amines) is 2.